The van der Waals surface area contributed by atoms with Crippen LogP contribution >= 0.6 is 0 Å². The smallest absolute Gasteiger partial charge is 0.364 e. The highest BCUT2D eigenvalue weighted by Gasteiger charge is 2.40. The largest absolute Gasteiger partial charge is 0.419 e. The Morgan fingerprint density at radius 1 is 1.04 bits per heavy atom. The molecule has 0 saturated carbocycles. The molecule has 0 aliphatic carbocycles. The van der Waals surface area contributed by atoms with E-state index in [1.165, 1.54) is 18.3 Å². The van der Waals surface area contributed by atoms with Gasteiger partial charge < -0.3 is 10.3 Å². The van der Waals surface area contributed by atoms with Gasteiger partial charge in [0.1, 0.15) is 11.3 Å². The number of amides is 1. The summed E-state index contributed by atoms with van der Waals surface area (Å²) in [5.74, 6) is -1.35. The molecule has 10 heteroatoms. The maximum absolute atomic E-state index is 13.5. The molecule has 1 amide bonds. The highest BCUT2D eigenvalue weighted by Crippen LogP contribution is 2.39. The van der Waals surface area contributed by atoms with Crippen molar-refractivity contribution in [1.82, 2.24) is 9.55 Å². The number of hydrogen-bond acceptors (Lipinski definition) is 2. The number of carbonyl (C=O) groups excluding carboxylic acids is 1. The zero-order chi connectivity index (χ0) is 20.0. The predicted octanol–water partition coefficient (Wildman–Crippen LogP) is 4.22. The number of aromatic nitrogens is 2. The average Bonchev–Trinajstić information content (AvgIpc) is 2.89. The third kappa shape index (κ3) is 3.46. The Bertz CT molecular complexity index is 1020. The summed E-state index contributed by atoms with van der Waals surface area (Å²) < 4.78 is 80.1. The number of nitrogens with zero attached hydrogens (tertiary/aromatic N) is 2. The van der Waals surface area contributed by atoms with Crippen LogP contribution in [0.15, 0.2) is 42.6 Å². The third-order valence-electron chi connectivity index (χ3n) is 3.93. The van der Waals surface area contributed by atoms with Gasteiger partial charge in [0.05, 0.1) is 11.1 Å². The van der Waals surface area contributed by atoms with E-state index in [1.807, 2.05) is 0 Å². The van der Waals surface area contributed by atoms with E-state index in [-0.39, 0.29) is 16.6 Å². The summed E-state index contributed by atoms with van der Waals surface area (Å²) in [5, 5.41) is -0.356. The molecular formula is C17H11F6N3O. The van der Waals surface area contributed by atoms with Crippen LogP contribution < -0.4 is 5.73 Å². The average molecular weight is 387 g/mol. The molecule has 0 bridgehead atoms. The summed E-state index contributed by atoms with van der Waals surface area (Å²) in [7, 11) is 0. The van der Waals surface area contributed by atoms with Gasteiger partial charge >= 0.3 is 12.4 Å². The van der Waals surface area contributed by atoms with Gasteiger partial charge in [-0.2, -0.15) is 26.3 Å². The van der Waals surface area contributed by atoms with Crippen molar-refractivity contribution >= 4 is 16.9 Å². The lowest BCUT2D eigenvalue weighted by molar-refractivity contribution is -0.138. The van der Waals surface area contributed by atoms with Crippen LogP contribution in [0, 0.1) is 0 Å². The van der Waals surface area contributed by atoms with E-state index in [1.54, 1.807) is 0 Å². The Morgan fingerprint density at radius 2 is 1.74 bits per heavy atom. The van der Waals surface area contributed by atoms with Crippen molar-refractivity contribution in [1.29, 1.82) is 0 Å². The second kappa shape index (κ2) is 6.29. The van der Waals surface area contributed by atoms with Crippen LogP contribution in [0.5, 0.6) is 0 Å². The number of rotatable bonds is 3. The summed E-state index contributed by atoms with van der Waals surface area (Å²) in [6, 6.07) is 6.46. The molecule has 2 aromatic heterocycles. The molecule has 0 aliphatic heterocycles. The minimum atomic E-state index is -4.90. The topological polar surface area (TPSA) is 60.9 Å². The third-order valence-corrected chi connectivity index (χ3v) is 3.93. The Balaban J connectivity index is 2.24. The van der Waals surface area contributed by atoms with Crippen LogP contribution in [0.2, 0.25) is 0 Å². The fourth-order valence-corrected chi connectivity index (χ4v) is 2.90. The lowest BCUT2D eigenvalue weighted by Gasteiger charge is -2.12. The van der Waals surface area contributed by atoms with Gasteiger partial charge in [-0.25, -0.2) is 4.98 Å². The number of benzene rings is 1. The molecule has 0 atom stereocenters. The number of hydrogen-bond donors (Lipinski definition) is 1. The maximum Gasteiger partial charge on any atom is 0.419 e. The van der Waals surface area contributed by atoms with Crippen molar-refractivity contribution in [2.24, 2.45) is 5.73 Å². The first-order valence-electron chi connectivity index (χ1n) is 7.50. The number of fused-ring (bicyclic) bond motifs is 1. The molecule has 0 unspecified atom stereocenters. The van der Waals surface area contributed by atoms with E-state index in [0.29, 0.717) is 0 Å². The second-order valence-electron chi connectivity index (χ2n) is 5.74. The van der Waals surface area contributed by atoms with E-state index in [4.69, 9.17) is 5.73 Å². The van der Waals surface area contributed by atoms with Gasteiger partial charge in [-0.15, -0.1) is 0 Å². The van der Waals surface area contributed by atoms with Gasteiger partial charge in [0, 0.05) is 18.1 Å². The minimum absolute atomic E-state index is 0.0450. The molecule has 0 spiro atoms. The van der Waals surface area contributed by atoms with Gasteiger partial charge in [0.25, 0.3) is 5.91 Å². The van der Waals surface area contributed by atoms with Crippen LogP contribution in [0.4, 0.5) is 26.3 Å². The van der Waals surface area contributed by atoms with Crippen molar-refractivity contribution in [3.05, 3.63) is 65.0 Å². The van der Waals surface area contributed by atoms with Crippen molar-refractivity contribution in [2.45, 2.75) is 18.9 Å². The molecule has 142 valence electrons. The fraction of sp³-hybridized carbons (Fsp3) is 0.176. The second-order valence-corrected chi connectivity index (χ2v) is 5.74. The maximum atomic E-state index is 13.5. The summed E-state index contributed by atoms with van der Waals surface area (Å²) in [6.45, 7) is -0.439. The molecular weight excluding hydrogens is 376 g/mol. The van der Waals surface area contributed by atoms with Gasteiger partial charge in [-0.3, -0.25) is 4.79 Å². The SMILES string of the molecule is NC(=O)c1c(C(F)(F)F)c2cccnc2n1Cc1cccc(C(F)(F)F)c1. The van der Waals surface area contributed by atoms with E-state index < -0.39 is 41.6 Å². The first kappa shape index (κ1) is 18.7. The fourth-order valence-electron chi connectivity index (χ4n) is 2.90. The zero-order valence-electron chi connectivity index (χ0n) is 13.4. The van der Waals surface area contributed by atoms with Crippen LogP contribution in [0.3, 0.4) is 0 Å². The van der Waals surface area contributed by atoms with Crippen molar-refractivity contribution in [3.8, 4) is 0 Å². The summed E-state index contributed by atoms with van der Waals surface area (Å²) in [6.07, 6.45) is -8.29. The number of nitrogens with two attached hydrogens (primary N) is 1. The number of pyridine rings is 1. The molecule has 3 rings (SSSR count). The van der Waals surface area contributed by atoms with E-state index in [0.717, 1.165) is 28.8 Å². The first-order valence-corrected chi connectivity index (χ1v) is 7.50. The van der Waals surface area contributed by atoms with Crippen molar-refractivity contribution in [2.75, 3.05) is 0 Å². The molecule has 0 fully saturated rings. The van der Waals surface area contributed by atoms with Gasteiger partial charge in [0.15, 0.2) is 0 Å². The highest BCUT2D eigenvalue weighted by atomic mass is 19.4. The van der Waals surface area contributed by atoms with E-state index in [2.05, 4.69) is 4.98 Å². The highest BCUT2D eigenvalue weighted by molar-refractivity contribution is 6.00. The molecule has 3 aromatic rings. The van der Waals surface area contributed by atoms with E-state index in [9.17, 15) is 31.1 Å². The standard InChI is InChI=1S/C17H11F6N3O/c18-16(19,20)10-4-1-3-9(7-10)8-26-13(14(24)27)12(17(21,22)23)11-5-2-6-25-15(11)26/h1-7H,8H2,(H2,24,27). The molecule has 0 saturated heterocycles. The first-order chi connectivity index (χ1) is 12.5. The molecule has 2 N–H and O–H groups in total. The van der Waals surface area contributed by atoms with Crippen molar-refractivity contribution in [3.63, 3.8) is 0 Å². The number of carbonyl (C=O) groups is 1. The Hall–Kier alpha value is -3.04. The quantitative estimate of drug-likeness (QED) is 0.684. The molecule has 2 heterocycles. The van der Waals surface area contributed by atoms with Gasteiger partial charge in [-0.05, 0) is 29.8 Å². The number of halogens is 6. The van der Waals surface area contributed by atoms with Gasteiger partial charge in [0.2, 0.25) is 0 Å². The van der Waals surface area contributed by atoms with E-state index >= 15 is 0 Å². The molecule has 1 aromatic carbocycles. The van der Waals surface area contributed by atoms with Crippen LogP contribution in [-0.2, 0) is 18.9 Å². The monoisotopic (exact) mass is 387 g/mol. The summed E-state index contributed by atoms with van der Waals surface area (Å²) >= 11 is 0. The Morgan fingerprint density at radius 3 is 2.33 bits per heavy atom. The Labute approximate surface area is 148 Å². The van der Waals surface area contributed by atoms with Crippen LogP contribution in [0.1, 0.15) is 27.2 Å². The van der Waals surface area contributed by atoms with Crippen LogP contribution in [0.25, 0.3) is 11.0 Å². The molecule has 4 nitrogen and oxygen atoms in total. The Kier molecular flexibility index (Phi) is 4.37. The summed E-state index contributed by atoms with van der Waals surface area (Å²) in [4.78, 5) is 15.6. The predicted molar refractivity (Wildman–Crippen MR) is 83.8 cm³/mol. The summed E-state index contributed by atoms with van der Waals surface area (Å²) in [5.41, 5.74) is 1.94. The van der Waals surface area contributed by atoms with Crippen LogP contribution in [-0.4, -0.2) is 15.5 Å². The minimum Gasteiger partial charge on any atom is -0.364 e. The lowest BCUT2D eigenvalue weighted by Crippen LogP contribution is -2.22. The van der Waals surface area contributed by atoms with Gasteiger partial charge in [-0.1, -0.05) is 12.1 Å². The number of primary amides is 1. The normalized spacial score (nSPS) is 12.5. The molecule has 27 heavy (non-hydrogen) atoms. The van der Waals surface area contributed by atoms with Crippen molar-refractivity contribution < 1.29 is 31.1 Å². The number of alkyl halides is 6. The lowest BCUT2D eigenvalue weighted by atomic mass is 10.1. The zero-order valence-corrected chi connectivity index (χ0v) is 13.4. The molecule has 0 aliphatic rings. The molecule has 0 radical (unpaired) electrons.